The maximum Gasteiger partial charge on any atom is 0.227 e. The first-order valence-electron chi connectivity index (χ1n) is 10.3. The van der Waals surface area contributed by atoms with Crippen molar-refractivity contribution in [2.45, 2.75) is 31.7 Å². The number of rotatable bonds is 3. The molecule has 2 N–H and O–H groups in total. The number of aryl methyl sites for hydroxylation is 1. The van der Waals surface area contributed by atoms with Gasteiger partial charge in [-0.3, -0.25) is 4.98 Å². The molecule has 0 amide bonds. The van der Waals surface area contributed by atoms with Crippen molar-refractivity contribution in [1.82, 2.24) is 29.5 Å². The van der Waals surface area contributed by atoms with E-state index in [4.69, 9.17) is 0 Å². The number of H-pyrrole nitrogens is 1. The van der Waals surface area contributed by atoms with Gasteiger partial charge < -0.3 is 10.3 Å². The molecule has 1 unspecified atom stereocenters. The van der Waals surface area contributed by atoms with Gasteiger partial charge in [-0.1, -0.05) is 18.2 Å². The second-order valence-electron chi connectivity index (χ2n) is 8.08. The molecule has 4 heterocycles. The second-order valence-corrected chi connectivity index (χ2v) is 8.08. The van der Waals surface area contributed by atoms with Crippen LogP contribution < -0.4 is 5.32 Å². The van der Waals surface area contributed by atoms with Crippen LogP contribution in [0.2, 0.25) is 0 Å². The van der Waals surface area contributed by atoms with E-state index >= 15 is 0 Å². The first-order chi connectivity index (χ1) is 15.2. The second kappa shape index (κ2) is 6.87. The van der Waals surface area contributed by atoms with Crippen LogP contribution in [0.3, 0.4) is 0 Å². The van der Waals surface area contributed by atoms with Gasteiger partial charge in [0.15, 0.2) is 5.65 Å². The fourth-order valence-electron chi connectivity index (χ4n) is 4.76. The topological polar surface area (TPSA) is 83.8 Å². The largest absolute Gasteiger partial charge is 0.358 e. The van der Waals surface area contributed by atoms with Crippen LogP contribution in [0.1, 0.15) is 28.3 Å². The third-order valence-electron chi connectivity index (χ3n) is 6.23. The molecule has 0 bridgehead atoms. The highest BCUT2D eigenvalue weighted by atomic mass is 19.1. The van der Waals surface area contributed by atoms with Crippen LogP contribution in [0.25, 0.3) is 16.6 Å². The Balaban J connectivity index is 1.47. The Morgan fingerprint density at radius 3 is 3.00 bits per heavy atom. The summed E-state index contributed by atoms with van der Waals surface area (Å²) in [6.07, 6.45) is 7.74. The number of hydrogen-bond acceptors (Lipinski definition) is 5. The van der Waals surface area contributed by atoms with Crippen LogP contribution in [-0.4, -0.2) is 35.6 Å². The van der Waals surface area contributed by atoms with E-state index in [9.17, 15) is 4.39 Å². The zero-order chi connectivity index (χ0) is 20.9. The van der Waals surface area contributed by atoms with Crippen molar-refractivity contribution < 1.29 is 4.39 Å². The number of aromatic amines is 1. The number of anilines is 1. The Morgan fingerprint density at radius 1 is 1.16 bits per heavy atom. The number of nitrogens with zero attached hydrogens (tertiary/aromatic N) is 5. The smallest absolute Gasteiger partial charge is 0.227 e. The fourth-order valence-corrected chi connectivity index (χ4v) is 4.76. The average Bonchev–Trinajstić information content (AvgIpc) is 3.39. The summed E-state index contributed by atoms with van der Waals surface area (Å²) in [7, 11) is 0. The van der Waals surface area contributed by atoms with Crippen LogP contribution in [0.15, 0.2) is 55.2 Å². The van der Waals surface area contributed by atoms with Crippen LogP contribution in [0.4, 0.5) is 10.3 Å². The van der Waals surface area contributed by atoms with Gasteiger partial charge in [-0.15, -0.1) is 0 Å². The Hall–Kier alpha value is -3.81. The summed E-state index contributed by atoms with van der Waals surface area (Å²) >= 11 is 0. The number of aromatic nitrogens is 6. The molecular formula is C23H20FN7. The van der Waals surface area contributed by atoms with Gasteiger partial charge in [0.2, 0.25) is 5.95 Å². The van der Waals surface area contributed by atoms with Gasteiger partial charge in [0.25, 0.3) is 0 Å². The van der Waals surface area contributed by atoms with Crippen molar-refractivity contribution in [1.29, 1.82) is 0 Å². The van der Waals surface area contributed by atoms with Crippen molar-refractivity contribution in [3.05, 3.63) is 83.5 Å². The third-order valence-corrected chi connectivity index (χ3v) is 6.23. The van der Waals surface area contributed by atoms with E-state index in [1.807, 2.05) is 6.07 Å². The summed E-state index contributed by atoms with van der Waals surface area (Å²) in [6.45, 7) is 2.11. The summed E-state index contributed by atoms with van der Waals surface area (Å²) in [5.74, 6) is 0.310. The lowest BCUT2D eigenvalue weighted by atomic mass is 9.79. The number of halogens is 1. The number of benzene rings is 1. The quantitative estimate of drug-likeness (QED) is 0.470. The van der Waals surface area contributed by atoms with Crippen molar-refractivity contribution in [2.24, 2.45) is 0 Å². The van der Waals surface area contributed by atoms with Gasteiger partial charge in [0.05, 0.1) is 12.4 Å². The summed E-state index contributed by atoms with van der Waals surface area (Å²) in [6, 6.07) is 9.77. The van der Waals surface area contributed by atoms with Crippen molar-refractivity contribution in [3.8, 4) is 0 Å². The molecule has 0 saturated carbocycles. The van der Waals surface area contributed by atoms with E-state index in [1.54, 1.807) is 23.0 Å². The molecule has 8 heteroatoms. The van der Waals surface area contributed by atoms with E-state index in [0.29, 0.717) is 5.95 Å². The molecule has 0 radical (unpaired) electrons. The Morgan fingerprint density at radius 2 is 2.10 bits per heavy atom. The van der Waals surface area contributed by atoms with Crippen molar-refractivity contribution in [3.63, 3.8) is 0 Å². The molecule has 1 aliphatic carbocycles. The van der Waals surface area contributed by atoms with Gasteiger partial charge in [-0.2, -0.15) is 9.61 Å². The predicted molar refractivity (Wildman–Crippen MR) is 116 cm³/mol. The van der Waals surface area contributed by atoms with E-state index in [0.717, 1.165) is 24.1 Å². The van der Waals surface area contributed by atoms with E-state index in [1.165, 1.54) is 40.2 Å². The van der Waals surface area contributed by atoms with Gasteiger partial charge in [0, 0.05) is 40.8 Å². The zero-order valence-corrected chi connectivity index (χ0v) is 16.9. The maximum atomic E-state index is 14.0. The monoisotopic (exact) mass is 413 g/mol. The third kappa shape index (κ3) is 2.94. The molecule has 31 heavy (non-hydrogen) atoms. The predicted octanol–water partition coefficient (Wildman–Crippen LogP) is 3.81. The normalized spacial score (nSPS) is 18.4. The summed E-state index contributed by atoms with van der Waals surface area (Å²) < 4.78 is 15.7. The Bertz CT molecular complexity index is 1420. The number of nitrogens with one attached hydrogen (secondary N) is 2. The first-order valence-corrected chi connectivity index (χ1v) is 10.3. The lowest BCUT2D eigenvalue weighted by Gasteiger charge is -2.33. The molecule has 0 aliphatic heterocycles. The minimum absolute atomic E-state index is 0.0158. The molecular weight excluding hydrogens is 393 g/mol. The molecule has 7 nitrogen and oxygen atoms in total. The SMILES string of the molecule is Cc1cccc2c3c([nH]c12)CC(c1cncc(F)c1)[C@H](Nc1ncnc2ccnn12)C3. The van der Waals surface area contributed by atoms with E-state index in [-0.39, 0.29) is 17.8 Å². The molecule has 1 aromatic carbocycles. The minimum atomic E-state index is -0.328. The van der Waals surface area contributed by atoms with Crippen LogP contribution >= 0.6 is 0 Å². The molecule has 0 saturated heterocycles. The number of pyridine rings is 1. The summed E-state index contributed by atoms with van der Waals surface area (Å²) in [5, 5.41) is 9.16. The van der Waals surface area contributed by atoms with Gasteiger partial charge >= 0.3 is 0 Å². The van der Waals surface area contributed by atoms with Crippen LogP contribution in [-0.2, 0) is 12.8 Å². The Kier molecular flexibility index (Phi) is 3.99. The molecule has 2 atom stereocenters. The molecule has 6 rings (SSSR count). The molecule has 5 aromatic rings. The van der Waals surface area contributed by atoms with E-state index < -0.39 is 0 Å². The highest BCUT2D eigenvalue weighted by Crippen LogP contribution is 2.38. The first kappa shape index (κ1) is 18.0. The van der Waals surface area contributed by atoms with Gasteiger partial charge in [-0.25, -0.2) is 14.4 Å². The van der Waals surface area contributed by atoms with Gasteiger partial charge in [0.1, 0.15) is 12.1 Å². The lowest BCUT2D eigenvalue weighted by Crippen LogP contribution is -2.36. The Labute approximate surface area is 177 Å². The van der Waals surface area contributed by atoms with Crippen LogP contribution in [0.5, 0.6) is 0 Å². The highest BCUT2D eigenvalue weighted by molar-refractivity contribution is 5.87. The average molecular weight is 413 g/mol. The minimum Gasteiger partial charge on any atom is -0.358 e. The number of hydrogen-bond donors (Lipinski definition) is 2. The molecule has 154 valence electrons. The molecule has 0 fully saturated rings. The zero-order valence-electron chi connectivity index (χ0n) is 16.9. The summed E-state index contributed by atoms with van der Waals surface area (Å²) in [4.78, 5) is 16.4. The number of para-hydroxylation sites is 1. The fraction of sp³-hybridized carbons (Fsp3) is 0.217. The molecule has 4 aromatic heterocycles. The molecule has 0 spiro atoms. The van der Waals surface area contributed by atoms with Crippen LogP contribution in [0, 0.1) is 12.7 Å². The summed E-state index contributed by atoms with van der Waals surface area (Å²) in [5.41, 5.74) is 6.46. The lowest BCUT2D eigenvalue weighted by molar-refractivity contribution is 0.511. The van der Waals surface area contributed by atoms with Crippen molar-refractivity contribution >= 4 is 22.5 Å². The number of fused-ring (bicyclic) bond motifs is 4. The van der Waals surface area contributed by atoms with E-state index in [2.05, 4.69) is 55.5 Å². The highest BCUT2D eigenvalue weighted by Gasteiger charge is 2.33. The van der Waals surface area contributed by atoms with Crippen molar-refractivity contribution in [2.75, 3.05) is 5.32 Å². The maximum absolute atomic E-state index is 14.0. The van der Waals surface area contributed by atoms with Gasteiger partial charge in [-0.05, 0) is 42.5 Å². The standard InChI is InChI=1S/C23H20FN7/c1-13-3-2-4-16-18-9-19(30-23-27-12-26-21-5-6-28-31(21)23)17(8-20(18)29-22(13)16)14-7-15(24)11-25-10-14/h2-7,10-12,17,19,29H,8-9H2,1H3,(H,26,27,30)/t17?,19-/m1/s1. The molecule has 1 aliphatic rings.